The molecule has 0 spiro atoms. The van der Waals surface area contributed by atoms with Crippen LogP contribution in [-0.4, -0.2) is 67.7 Å². The van der Waals surface area contributed by atoms with Crippen molar-refractivity contribution in [2.24, 2.45) is 0 Å². The molecule has 0 amide bonds. The van der Waals surface area contributed by atoms with E-state index in [9.17, 15) is 19.2 Å². The molecule has 0 radical (unpaired) electrons. The first kappa shape index (κ1) is 38.4. The van der Waals surface area contributed by atoms with Crippen LogP contribution in [0.2, 0.25) is 0 Å². The molecule has 31 heavy (non-hydrogen) atoms. The summed E-state index contributed by atoms with van der Waals surface area (Å²) in [5.74, 6) is -3.74. The highest BCUT2D eigenvalue weighted by Gasteiger charge is 1.91. The van der Waals surface area contributed by atoms with Crippen molar-refractivity contribution in [1.29, 1.82) is 0 Å². The molecule has 0 rings (SSSR count). The van der Waals surface area contributed by atoms with Crippen LogP contribution in [0.5, 0.6) is 0 Å². The number of hydrogen-bond acceptors (Lipinski definition) is 6. The van der Waals surface area contributed by atoms with Crippen LogP contribution < -0.4 is 0 Å². The van der Waals surface area contributed by atoms with E-state index in [1.807, 2.05) is 0 Å². The van der Waals surface area contributed by atoms with Gasteiger partial charge in [0.25, 0.3) is 0 Å². The van der Waals surface area contributed by atoms with Crippen molar-refractivity contribution in [3.63, 3.8) is 0 Å². The Bertz CT molecular complexity index is 455. The van der Waals surface area contributed by atoms with Gasteiger partial charge < -0.3 is 30.6 Å². The zero-order chi connectivity index (χ0) is 26.2. The summed E-state index contributed by atoms with van der Waals surface area (Å²) in [7, 11) is 0. The van der Waals surface area contributed by atoms with E-state index in [1.165, 1.54) is 27.7 Å². The van der Waals surface area contributed by atoms with Crippen molar-refractivity contribution in [2.75, 3.05) is 13.2 Å². The van der Waals surface area contributed by atoms with E-state index in [-0.39, 0.29) is 35.5 Å². The number of carboxylic acid groups (broad SMARTS) is 4. The van der Waals surface area contributed by atoms with Crippen LogP contribution in [0.4, 0.5) is 0 Å². The topological polar surface area (TPSA) is 190 Å². The smallest absolute Gasteiger partial charge is 0.330 e. The number of carbonyl (C=O) groups is 4. The molecule has 0 aromatic rings. The minimum absolute atomic E-state index is 0.176. The predicted molar refractivity (Wildman–Crippen MR) is 118 cm³/mol. The second-order valence-electron chi connectivity index (χ2n) is 5.85. The average Bonchev–Trinajstić information content (AvgIpc) is 2.63. The molecule has 0 heterocycles. The molecule has 10 nitrogen and oxygen atoms in total. The third-order valence-electron chi connectivity index (χ3n) is 2.28. The van der Waals surface area contributed by atoms with Gasteiger partial charge in [-0.3, -0.25) is 0 Å². The lowest BCUT2D eigenvalue weighted by Crippen LogP contribution is -1.92. The maximum Gasteiger partial charge on any atom is 0.330 e. The number of aliphatic hydroxyl groups excluding tert-OH is 2. The Hall–Kier alpha value is -3.24. The van der Waals surface area contributed by atoms with Crippen LogP contribution >= 0.6 is 0 Å². The fraction of sp³-hybridized carbons (Fsp3) is 0.429. The van der Waals surface area contributed by atoms with Gasteiger partial charge in [-0.1, -0.05) is 26.3 Å². The number of hydrogen-bond donors (Lipinski definition) is 6. The number of unbranched alkanes of at least 4 members (excludes halogenated alkanes) is 2. The highest BCUT2D eigenvalue weighted by molar-refractivity contribution is 5.85. The lowest BCUT2D eigenvalue weighted by atomic mass is 10.2. The monoisotopic (exact) mass is 448 g/mol. The predicted octanol–water partition coefficient (Wildman–Crippen LogP) is 2.73. The normalized spacial score (nSPS) is 7.94. The van der Waals surface area contributed by atoms with Crippen molar-refractivity contribution in [3.05, 3.63) is 48.6 Å². The van der Waals surface area contributed by atoms with Gasteiger partial charge in [-0.25, -0.2) is 19.2 Å². The van der Waals surface area contributed by atoms with E-state index in [0.29, 0.717) is 0 Å². The first-order valence-corrected chi connectivity index (χ1v) is 8.76. The van der Waals surface area contributed by atoms with Crippen LogP contribution in [0.25, 0.3) is 0 Å². The van der Waals surface area contributed by atoms with Gasteiger partial charge in [0, 0.05) is 35.5 Å². The van der Waals surface area contributed by atoms with Crippen LogP contribution in [0.3, 0.4) is 0 Å². The molecule has 10 heteroatoms. The van der Waals surface area contributed by atoms with Crippen LogP contribution in [-0.2, 0) is 19.2 Å². The molecule has 0 aromatic heterocycles. The van der Waals surface area contributed by atoms with Crippen LogP contribution in [0, 0.1) is 0 Å². The molecular weight excluding hydrogens is 412 g/mol. The molecule has 0 unspecified atom stereocenters. The van der Waals surface area contributed by atoms with E-state index in [2.05, 4.69) is 26.3 Å². The van der Waals surface area contributed by atoms with E-state index < -0.39 is 23.9 Å². The first-order chi connectivity index (χ1) is 14.0. The third kappa shape index (κ3) is 58.4. The Morgan fingerprint density at radius 2 is 0.613 bits per heavy atom. The lowest BCUT2D eigenvalue weighted by molar-refractivity contribution is -0.133. The van der Waals surface area contributed by atoms with Crippen LogP contribution in [0.15, 0.2) is 48.6 Å². The zero-order valence-electron chi connectivity index (χ0n) is 18.7. The lowest BCUT2D eigenvalue weighted by Gasteiger charge is -1.90. The molecule has 0 aliphatic carbocycles. The summed E-state index contributed by atoms with van der Waals surface area (Å²) < 4.78 is 0. The Morgan fingerprint density at radius 3 is 0.677 bits per heavy atom. The number of rotatable bonds is 8. The molecule has 0 fully saturated rings. The highest BCUT2D eigenvalue weighted by atomic mass is 16.4. The molecule has 0 aliphatic rings. The first-order valence-electron chi connectivity index (χ1n) is 8.76. The standard InChI is InChI=1S/C5H12O2.4C4H6O2/c6-4-2-1-3-5-7;4*1-3(2)4(5)6/h6-7H,1-5H2;4*1H2,2H3,(H,5,6). The average molecular weight is 449 g/mol. The molecule has 180 valence electrons. The molecule has 0 bridgehead atoms. The van der Waals surface area contributed by atoms with Crippen LogP contribution in [0.1, 0.15) is 47.0 Å². The maximum absolute atomic E-state index is 9.60. The summed E-state index contributed by atoms with van der Waals surface area (Å²) in [4.78, 5) is 38.4. The fourth-order valence-electron chi connectivity index (χ4n) is 0.400. The van der Waals surface area contributed by atoms with Crippen molar-refractivity contribution < 1.29 is 49.8 Å². The molecular formula is C21H36O10. The SMILES string of the molecule is C=C(C)C(=O)O.C=C(C)C(=O)O.C=C(C)C(=O)O.C=C(C)C(=O)O.OCCCCCO. The van der Waals surface area contributed by atoms with Crippen molar-refractivity contribution in [3.8, 4) is 0 Å². The maximum atomic E-state index is 9.60. The summed E-state index contributed by atoms with van der Waals surface area (Å²) >= 11 is 0. The van der Waals surface area contributed by atoms with Gasteiger partial charge in [-0.2, -0.15) is 0 Å². The number of carboxylic acids is 4. The second kappa shape index (κ2) is 26.8. The molecule has 0 aliphatic heterocycles. The van der Waals surface area contributed by atoms with Crippen molar-refractivity contribution >= 4 is 23.9 Å². The van der Waals surface area contributed by atoms with Gasteiger partial charge in [-0.15, -0.1) is 0 Å². The van der Waals surface area contributed by atoms with Crippen molar-refractivity contribution in [1.82, 2.24) is 0 Å². The fourth-order valence-corrected chi connectivity index (χ4v) is 0.400. The molecule has 0 saturated heterocycles. The van der Waals surface area contributed by atoms with Gasteiger partial charge in [0.05, 0.1) is 0 Å². The van der Waals surface area contributed by atoms with Gasteiger partial charge >= 0.3 is 23.9 Å². The Balaban J connectivity index is -0.0000000910. The van der Waals surface area contributed by atoms with E-state index in [0.717, 1.165) is 19.3 Å². The minimum atomic E-state index is -0.935. The largest absolute Gasteiger partial charge is 0.478 e. The summed E-state index contributed by atoms with van der Waals surface area (Å²) in [6.07, 6.45) is 2.58. The third-order valence-corrected chi connectivity index (χ3v) is 2.28. The number of aliphatic hydroxyl groups is 2. The van der Waals surface area contributed by atoms with E-state index in [1.54, 1.807) is 0 Å². The Morgan fingerprint density at radius 1 is 0.484 bits per heavy atom. The summed E-state index contributed by atoms with van der Waals surface area (Å²) in [6.45, 7) is 18.9. The molecule has 0 aromatic carbocycles. The highest BCUT2D eigenvalue weighted by Crippen LogP contribution is 1.90. The van der Waals surface area contributed by atoms with Gasteiger partial charge in [0.1, 0.15) is 0 Å². The molecule has 6 N–H and O–H groups in total. The quantitative estimate of drug-likeness (QED) is 0.238. The Labute approximate surface area is 183 Å². The summed E-state index contributed by atoms with van der Waals surface area (Å²) in [6, 6.07) is 0. The van der Waals surface area contributed by atoms with Gasteiger partial charge in [0.2, 0.25) is 0 Å². The zero-order valence-corrected chi connectivity index (χ0v) is 18.7. The number of aliphatic carboxylic acids is 4. The van der Waals surface area contributed by atoms with E-state index >= 15 is 0 Å². The van der Waals surface area contributed by atoms with Crippen molar-refractivity contribution in [2.45, 2.75) is 47.0 Å². The molecule has 0 saturated carbocycles. The summed E-state index contributed by atoms with van der Waals surface area (Å²) in [5, 5.41) is 48.0. The van der Waals surface area contributed by atoms with Gasteiger partial charge in [0.15, 0.2) is 0 Å². The van der Waals surface area contributed by atoms with Gasteiger partial charge in [-0.05, 0) is 47.0 Å². The second-order valence-corrected chi connectivity index (χ2v) is 5.85. The minimum Gasteiger partial charge on any atom is -0.478 e. The Kier molecular flexibility index (Phi) is 33.1. The van der Waals surface area contributed by atoms with E-state index in [4.69, 9.17) is 30.6 Å². The molecule has 0 atom stereocenters. The summed E-state index contributed by atoms with van der Waals surface area (Å²) in [5.41, 5.74) is 0.704.